The van der Waals surface area contributed by atoms with E-state index >= 15 is 0 Å². The van der Waals surface area contributed by atoms with E-state index in [-0.39, 0.29) is 11.5 Å². The fourth-order valence-corrected chi connectivity index (χ4v) is 4.68. The van der Waals surface area contributed by atoms with Crippen molar-refractivity contribution < 1.29 is 9.48 Å². The molecular formula is C20H15BrN5O2S+. The van der Waals surface area contributed by atoms with Gasteiger partial charge in [0.2, 0.25) is 5.16 Å². The molecule has 1 spiro atoms. The van der Waals surface area contributed by atoms with Crippen LogP contribution in [0.5, 0.6) is 0 Å². The van der Waals surface area contributed by atoms with Crippen molar-refractivity contribution in [1.29, 1.82) is 0 Å². The summed E-state index contributed by atoms with van der Waals surface area (Å²) in [6.07, 6.45) is 1.73. The van der Waals surface area contributed by atoms with Gasteiger partial charge in [0.15, 0.2) is 0 Å². The molecule has 29 heavy (non-hydrogen) atoms. The number of halogens is 1. The van der Waals surface area contributed by atoms with Gasteiger partial charge in [-0.05, 0) is 35.0 Å². The first-order chi connectivity index (χ1) is 14.0. The van der Waals surface area contributed by atoms with Crippen molar-refractivity contribution in [3.63, 3.8) is 0 Å². The summed E-state index contributed by atoms with van der Waals surface area (Å²) in [5, 5.41) is 11.4. The maximum absolute atomic E-state index is 13.3. The SMILES string of the molecule is C=CCSc1n[n+]2c(c(=O)[nH]1)-c1ccccc1N[C@]21C(=O)Nc2ccc(Br)cc21. The smallest absolute Gasteiger partial charge is 0.317 e. The van der Waals surface area contributed by atoms with Gasteiger partial charge in [-0.1, -0.05) is 45.9 Å². The van der Waals surface area contributed by atoms with E-state index in [1.807, 2.05) is 42.5 Å². The van der Waals surface area contributed by atoms with Crippen LogP contribution in [0.3, 0.4) is 0 Å². The Balaban J connectivity index is 1.87. The van der Waals surface area contributed by atoms with Crippen molar-refractivity contribution in [3.05, 3.63) is 75.5 Å². The molecule has 2 aromatic carbocycles. The second-order valence-corrected chi connectivity index (χ2v) is 8.57. The summed E-state index contributed by atoms with van der Waals surface area (Å²) in [5.74, 6) is 0.275. The molecule has 0 fully saturated rings. The molecule has 144 valence electrons. The van der Waals surface area contributed by atoms with E-state index in [1.165, 1.54) is 16.4 Å². The number of fused-ring (bicyclic) bond motifs is 6. The Morgan fingerprint density at radius 2 is 2.03 bits per heavy atom. The van der Waals surface area contributed by atoms with Crippen LogP contribution in [0, 0.1) is 0 Å². The average Bonchev–Trinajstić information content (AvgIpc) is 2.98. The van der Waals surface area contributed by atoms with Crippen LogP contribution in [0.2, 0.25) is 0 Å². The molecule has 0 bridgehead atoms. The highest BCUT2D eigenvalue weighted by atomic mass is 79.9. The number of benzene rings is 2. The Hall–Kier alpha value is -2.91. The number of H-pyrrole nitrogens is 1. The topological polar surface area (TPSA) is 90.8 Å². The van der Waals surface area contributed by atoms with Gasteiger partial charge in [0.25, 0.3) is 0 Å². The minimum atomic E-state index is -1.37. The van der Waals surface area contributed by atoms with Gasteiger partial charge in [-0.15, -0.1) is 6.58 Å². The number of anilines is 2. The van der Waals surface area contributed by atoms with E-state index in [0.717, 1.165) is 4.47 Å². The molecule has 0 aliphatic carbocycles. The van der Waals surface area contributed by atoms with Gasteiger partial charge < -0.3 is 10.6 Å². The minimum Gasteiger partial charge on any atom is -0.317 e. The Kier molecular flexibility index (Phi) is 4.11. The lowest BCUT2D eigenvalue weighted by Crippen LogP contribution is -2.71. The molecule has 9 heteroatoms. The molecule has 3 N–H and O–H groups in total. The third kappa shape index (κ3) is 2.57. The first-order valence-corrected chi connectivity index (χ1v) is 10.6. The van der Waals surface area contributed by atoms with Gasteiger partial charge in [0, 0.05) is 15.3 Å². The van der Waals surface area contributed by atoms with Crippen LogP contribution in [0.1, 0.15) is 5.56 Å². The van der Waals surface area contributed by atoms with Crippen LogP contribution < -0.4 is 20.9 Å². The highest BCUT2D eigenvalue weighted by Gasteiger charge is 2.62. The van der Waals surface area contributed by atoms with Crippen LogP contribution >= 0.6 is 27.7 Å². The Bertz CT molecular complexity index is 1260. The van der Waals surface area contributed by atoms with Crippen LogP contribution in [-0.2, 0) is 10.5 Å². The normalized spacial score (nSPS) is 18.4. The molecule has 2 aliphatic heterocycles. The molecule has 0 radical (unpaired) electrons. The number of nitrogens with zero attached hydrogens (tertiary/aromatic N) is 2. The summed E-state index contributed by atoms with van der Waals surface area (Å²) in [6.45, 7) is 3.71. The minimum absolute atomic E-state index is 0.302. The number of aromatic nitrogens is 3. The standard InChI is InChI=1S/C20H14BrN5O2S/c1-2-9-29-19-23-17(27)16-12-5-3-4-6-14(12)24-20(26(16)25-19)13-10-11(21)7-8-15(13)22-18(20)28/h2-8,10H,1,9H2,(H2,22,23,25,27,28)/p+1/t20-/m0/s1. The maximum Gasteiger partial charge on any atom is 0.374 e. The summed E-state index contributed by atoms with van der Waals surface area (Å²) in [5.41, 5.74) is 1.38. The fraction of sp³-hybridized carbons (Fsp3) is 0.100. The number of carbonyl (C=O) groups excluding carboxylic acids is 1. The number of thioether (sulfide) groups is 1. The molecule has 7 nitrogen and oxygen atoms in total. The molecule has 0 saturated carbocycles. The van der Waals surface area contributed by atoms with Gasteiger partial charge in [0.05, 0.1) is 22.5 Å². The number of carbonyl (C=O) groups is 1. The van der Waals surface area contributed by atoms with E-state index in [0.29, 0.717) is 39.1 Å². The van der Waals surface area contributed by atoms with Crippen molar-refractivity contribution in [2.45, 2.75) is 10.8 Å². The van der Waals surface area contributed by atoms with Gasteiger partial charge in [-0.2, -0.15) is 0 Å². The van der Waals surface area contributed by atoms with E-state index in [1.54, 1.807) is 6.08 Å². The number of hydrogen-bond acceptors (Lipinski definition) is 5. The van der Waals surface area contributed by atoms with Crippen molar-refractivity contribution in [2.75, 3.05) is 16.4 Å². The summed E-state index contributed by atoms with van der Waals surface area (Å²) in [6, 6.07) is 12.9. The number of hydrogen-bond donors (Lipinski definition) is 3. The van der Waals surface area contributed by atoms with E-state index in [9.17, 15) is 9.59 Å². The Morgan fingerprint density at radius 1 is 1.21 bits per heavy atom. The zero-order valence-electron chi connectivity index (χ0n) is 15.0. The molecule has 1 amide bonds. The zero-order valence-corrected chi connectivity index (χ0v) is 17.4. The van der Waals surface area contributed by atoms with Crippen LogP contribution in [0.15, 0.2) is 69.5 Å². The first kappa shape index (κ1) is 18.1. The molecule has 3 heterocycles. The lowest BCUT2D eigenvalue weighted by Gasteiger charge is -2.28. The van der Waals surface area contributed by atoms with Crippen LogP contribution in [0.4, 0.5) is 11.4 Å². The first-order valence-electron chi connectivity index (χ1n) is 8.84. The highest BCUT2D eigenvalue weighted by Crippen LogP contribution is 2.42. The summed E-state index contributed by atoms with van der Waals surface area (Å²) in [7, 11) is 0. The highest BCUT2D eigenvalue weighted by molar-refractivity contribution is 9.10. The summed E-state index contributed by atoms with van der Waals surface area (Å²) < 4.78 is 2.33. The molecule has 3 aromatic rings. The van der Waals surface area contributed by atoms with Gasteiger partial charge in [-0.25, -0.2) is 0 Å². The number of aromatic amines is 1. The van der Waals surface area contributed by atoms with Crippen molar-refractivity contribution in [2.24, 2.45) is 0 Å². The lowest BCUT2D eigenvalue weighted by atomic mass is 9.95. The van der Waals surface area contributed by atoms with Crippen molar-refractivity contribution in [3.8, 4) is 11.3 Å². The largest absolute Gasteiger partial charge is 0.374 e. The third-order valence-corrected chi connectivity index (χ3v) is 6.29. The third-order valence-electron chi connectivity index (χ3n) is 4.94. The Morgan fingerprint density at radius 3 is 2.86 bits per heavy atom. The number of nitrogens with one attached hydrogen (secondary N) is 3. The second kappa shape index (κ2) is 6.57. The zero-order chi connectivity index (χ0) is 20.2. The van der Waals surface area contributed by atoms with E-state index in [2.05, 4.69) is 43.2 Å². The van der Waals surface area contributed by atoms with Crippen LogP contribution in [-0.4, -0.2) is 21.7 Å². The number of para-hydroxylation sites is 1. The van der Waals surface area contributed by atoms with E-state index < -0.39 is 5.66 Å². The summed E-state index contributed by atoms with van der Waals surface area (Å²) >= 11 is 4.83. The van der Waals surface area contributed by atoms with Gasteiger partial charge in [0.1, 0.15) is 0 Å². The van der Waals surface area contributed by atoms with Gasteiger partial charge >= 0.3 is 22.8 Å². The van der Waals surface area contributed by atoms with Crippen LogP contribution in [0.25, 0.3) is 11.3 Å². The maximum atomic E-state index is 13.3. The molecule has 0 unspecified atom stereocenters. The summed E-state index contributed by atoms with van der Waals surface area (Å²) in [4.78, 5) is 29.3. The predicted molar refractivity (Wildman–Crippen MR) is 115 cm³/mol. The predicted octanol–water partition coefficient (Wildman–Crippen LogP) is 2.84. The molecule has 0 saturated heterocycles. The molecular weight excluding hydrogens is 454 g/mol. The molecule has 1 aromatic heterocycles. The quantitative estimate of drug-likeness (QED) is 0.312. The second-order valence-electron chi connectivity index (χ2n) is 6.64. The molecule has 5 rings (SSSR count). The molecule has 2 aliphatic rings. The molecule has 1 atom stereocenters. The van der Waals surface area contributed by atoms with Crippen molar-refractivity contribution in [1.82, 2.24) is 10.1 Å². The lowest BCUT2D eigenvalue weighted by molar-refractivity contribution is -0.781. The van der Waals surface area contributed by atoms with Gasteiger partial charge in [-0.3, -0.25) is 14.6 Å². The monoisotopic (exact) mass is 468 g/mol. The number of amides is 1. The fourth-order valence-electron chi connectivity index (χ4n) is 3.74. The average molecular weight is 469 g/mol. The van der Waals surface area contributed by atoms with E-state index in [4.69, 9.17) is 0 Å². The van der Waals surface area contributed by atoms with Crippen molar-refractivity contribution >= 4 is 45.0 Å². The number of rotatable bonds is 3. The Labute approximate surface area is 178 Å².